The summed E-state index contributed by atoms with van der Waals surface area (Å²) in [5.74, 6) is 0.170. The van der Waals surface area contributed by atoms with Gasteiger partial charge < -0.3 is 9.47 Å². The van der Waals surface area contributed by atoms with Crippen LogP contribution in [0, 0.1) is 0 Å². The number of nitrogens with zero attached hydrogens (tertiary/aromatic N) is 3. The number of fused-ring (bicyclic) bond motifs is 1. The fourth-order valence-corrected chi connectivity index (χ4v) is 3.02. The molecule has 0 saturated heterocycles. The maximum atomic E-state index is 13.0. The van der Waals surface area contributed by atoms with Gasteiger partial charge in [-0.3, -0.25) is 14.7 Å². The molecule has 0 bridgehead atoms. The van der Waals surface area contributed by atoms with Crippen LogP contribution in [0.5, 0.6) is 5.75 Å². The van der Waals surface area contributed by atoms with Crippen molar-refractivity contribution < 1.29 is 14.3 Å². The van der Waals surface area contributed by atoms with Crippen LogP contribution in [0.15, 0.2) is 46.5 Å². The number of hydrogen-bond acceptors (Lipinski definition) is 7. The van der Waals surface area contributed by atoms with E-state index < -0.39 is 11.7 Å². The fourth-order valence-electron chi connectivity index (χ4n) is 2.69. The van der Waals surface area contributed by atoms with Gasteiger partial charge in [0.2, 0.25) is 0 Å². The van der Waals surface area contributed by atoms with Gasteiger partial charge in [-0.1, -0.05) is 17.8 Å². The Labute approximate surface area is 172 Å². The topological polar surface area (TPSA) is 95.3 Å². The SMILES string of the molecule is COc1cc2cnc(SC)nc2n(-c2cccc(NC(=O)OC(C)(C)C)c2)c1=O. The van der Waals surface area contributed by atoms with E-state index in [4.69, 9.17) is 9.47 Å². The van der Waals surface area contributed by atoms with E-state index in [1.54, 1.807) is 57.3 Å². The summed E-state index contributed by atoms with van der Waals surface area (Å²) in [5.41, 5.74) is 0.481. The molecule has 2 aromatic heterocycles. The molecule has 29 heavy (non-hydrogen) atoms. The zero-order chi connectivity index (χ0) is 21.2. The summed E-state index contributed by atoms with van der Waals surface area (Å²) >= 11 is 1.38. The number of thioether (sulfide) groups is 1. The standard InChI is InChI=1S/C20H22N4O4S/c1-20(2,3)28-19(26)22-13-7-6-8-14(10-13)24-16-12(9-15(27-4)17(24)25)11-21-18(23-16)29-5/h6-11H,1-5H3,(H,22,26). The van der Waals surface area contributed by atoms with Gasteiger partial charge in [0, 0.05) is 17.3 Å². The number of amides is 1. The van der Waals surface area contributed by atoms with E-state index in [1.165, 1.54) is 23.4 Å². The zero-order valence-corrected chi connectivity index (χ0v) is 17.7. The first kappa shape index (κ1) is 20.7. The maximum Gasteiger partial charge on any atom is 0.412 e. The van der Waals surface area contributed by atoms with Gasteiger partial charge >= 0.3 is 6.09 Å². The average Bonchev–Trinajstić information content (AvgIpc) is 2.65. The van der Waals surface area contributed by atoms with E-state index in [2.05, 4.69) is 15.3 Å². The number of ether oxygens (including phenoxy) is 2. The third-order valence-corrected chi connectivity index (χ3v) is 4.40. The average molecular weight is 414 g/mol. The molecule has 3 rings (SSSR count). The van der Waals surface area contributed by atoms with Gasteiger partial charge in [-0.15, -0.1) is 0 Å². The Bertz CT molecular complexity index is 1120. The molecule has 1 N–H and O–H groups in total. The highest BCUT2D eigenvalue weighted by Crippen LogP contribution is 2.23. The number of rotatable bonds is 4. The first-order valence-electron chi connectivity index (χ1n) is 8.83. The lowest BCUT2D eigenvalue weighted by Gasteiger charge is -2.20. The van der Waals surface area contributed by atoms with Gasteiger partial charge in [0.25, 0.3) is 5.56 Å². The van der Waals surface area contributed by atoms with E-state index in [9.17, 15) is 9.59 Å². The molecule has 8 nitrogen and oxygen atoms in total. The molecule has 3 aromatic rings. The van der Waals surface area contributed by atoms with E-state index in [-0.39, 0.29) is 11.3 Å². The van der Waals surface area contributed by atoms with Crippen molar-refractivity contribution in [3.63, 3.8) is 0 Å². The fraction of sp³-hybridized carbons (Fsp3) is 0.300. The lowest BCUT2D eigenvalue weighted by molar-refractivity contribution is 0.0636. The third kappa shape index (κ3) is 4.68. The molecule has 0 aliphatic heterocycles. The number of hydrogen-bond donors (Lipinski definition) is 1. The molecular weight excluding hydrogens is 392 g/mol. The van der Waals surface area contributed by atoms with Crippen molar-refractivity contribution in [2.45, 2.75) is 31.5 Å². The van der Waals surface area contributed by atoms with Crippen LogP contribution < -0.4 is 15.6 Å². The first-order valence-corrected chi connectivity index (χ1v) is 10.1. The monoisotopic (exact) mass is 414 g/mol. The molecule has 0 radical (unpaired) electrons. The number of pyridine rings is 1. The summed E-state index contributed by atoms with van der Waals surface area (Å²) in [7, 11) is 1.44. The molecule has 0 aliphatic rings. The van der Waals surface area contributed by atoms with Crippen LogP contribution in [0.4, 0.5) is 10.5 Å². The molecule has 0 spiro atoms. The molecule has 1 aromatic carbocycles. The quantitative estimate of drug-likeness (QED) is 0.512. The largest absolute Gasteiger partial charge is 0.491 e. The van der Waals surface area contributed by atoms with E-state index >= 15 is 0 Å². The molecule has 0 aliphatic carbocycles. The Morgan fingerprint density at radius 2 is 2.00 bits per heavy atom. The predicted octanol–water partition coefficient (Wildman–Crippen LogP) is 3.86. The van der Waals surface area contributed by atoms with Gasteiger partial charge in [-0.25, -0.2) is 14.8 Å². The van der Waals surface area contributed by atoms with Gasteiger partial charge in [-0.2, -0.15) is 0 Å². The molecule has 0 atom stereocenters. The highest BCUT2D eigenvalue weighted by atomic mass is 32.2. The molecule has 0 fully saturated rings. The number of aromatic nitrogens is 3. The second kappa shape index (κ2) is 8.12. The minimum Gasteiger partial charge on any atom is -0.491 e. The molecule has 152 valence electrons. The Hall–Kier alpha value is -3.07. The summed E-state index contributed by atoms with van der Waals surface area (Å²) in [4.78, 5) is 33.8. The Balaban J connectivity index is 2.11. The molecule has 9 heteroatoms. The maximum absolute atomic E-state index is 13.0. The summed E-state index contributed by atoms with van der Waals surface area (Å²) in [6.45, 7) is 5.36. The Morgan fingerprint density at radius 3 is 2.66 bits per heavy atom. The normalized spacial score (nSPS) is 11.3. The van der Waals surface area contributed by atoms with E-state index in [0.29, 0.717) is 27.6 Å². The van der Waals surface area contributed by atoms with Crippen molar-refractivity contribution in [3.8, 4) is 11.4 Å². The lowest BCUT2D eigenvalue weighted by atomic mass is 10.2. The summed E-state index contributed by atoms with van der Waals surface area (Å²) in [6.07, 6.45) is 2.93. The number of carbonyl (C=O) groups is 1. The summed E-state index contributed by atoms with van der Waals surface area (Å²) in [6, 6.07) is 8.48. The van der Waals surface area contributed by atoms with Crippen LogP contribution in [0.3, 0.4) is 0 Å². The molecular formula is C20H22N4O4S. The molecule has 2 heterocycles. The summed E-state index contributed by atoms with van der Waals surface area (Å²) < 4.78 is 12.0. The van der Waals surface area contributed by atoms with Gasteiger partial charge in [0.05, 0.1) is 12.8 Å². The molecule has 0 unspecified atom stereocenters. The number of nitrogens with one attached hydrogen (secondary N) is 1. The molecule has 1 amide bonds. The number of benzene rings is 1. The van der Waals surface area contributed by atoms with Crippen LogP contribution in [0.1, 0.15) is 20.8 Å². The first-order chi connectivity index (χ1) is 13.7. The Morgan fingerprint density at radius 1 is 1.24 bits per heavy atom. The highest BCUT2D eigenvalue weighted by molar-refractivity contribution is 7.98. The van der Waals surface area contributed by atoms with Crippen molar-refractivity contribution in [2.75, 3.05) is 18.7 Å². The van der Waals surface area contributed by atoms with Crippen molar-refractivity contribution in [3.05, 3.63) is 46.9 Å². The smallest absolute Gasteiger partial charge is 0.412 e. The third-order valence-electron chi connectivity index (χ3n) is 3.84. The van der Waals surface area contributed by atoms with Crippen molar-refractivity contribution >= 4 is 34.6 Å². The summed E-state index contributed by atoms with van der Waals surface area (Å²) in [5, 5.41) is 3.88. The second-order valence-corrected chi connectivity index (χ2v) is 7.94. The molecule has 0 saturated carbocycles. The number of anilines is 1. The van der Waals surface area contributed by atoms with Crippen LogP contribution >= 0.6 is 11.8 Å². The number of carbonyl (C=O) groups excluding carboxylic acids is 1. The minimum absolute atomic E-state index is 0.170. The van der Waals surface area contributed by atoms with Crippen LogP contribution in [-0.2, 0) is 4.74 Å². The van der Waals surface area contributed by atoms with Gasteiger partial charge in [-0.05, 0) is 51.3 Å². The van der Waals surface area contributed by atoms with Crippen molar-refractivity contribution in [1.82, 2.24) is 14.5 Å². The number of methoxy groups -OCH3 is 1. The highest BCUT2D eigenvalue weighted by Gasteiger charge is 2.17. The minimum atomic E-state index is -0.618. The van der Waals surface area contributed by atoms with Crippen LogP contribution in [0.2, 0.25) is 0 Å². The van der Waals surface area contributed by atoms with Gasteiger partial charge in [0.15, 0.2) is 16.6 Å². The second-order valence-electron chi connectivity index (χ2n) is 7.17. The van der Waals surface area contributed by atoms with Crippen LogP contribution in [-0.4, -0.2) is 39.6 Å². The Kier molecular flexibility index (Phi) is 5.78. The van der Waals surface area contributed by atoms with Crippen molar-refractivity contribution in [2.24, 2.45) is 0 Å². The zero-order valence-electron chi connectivity index (χ0n) is 16.8. The van der Waals surface area contributed by atoms with Gasteiger partial charge in [0.1, 0.15) is 5.60 Å². The van der Waals surface area contributed by atoms with E-state index in [0.717, 1.165) is 0 Å². The van der Waals surface area contributed by atoms with E-state index in [1.807, 2.05) is 6.26 Å². The van der Waals surface area contributed by atoms with Crippen molar-refractivity contribution in [1.29, 1.82) is 0 Å². The lowest BCUT2D eigenvalue weighted by Crippen LogP contribution is -2.27. The van der Waals surface area contributed by atoms with Crippen LogP contribution in [0.25, 0.3) is 16.7 Å². The predicted molar refractivity (Wildman–Crippen MR) is 113 cm³/mol.